The molecule has 0 atom stereocenters. The molecule has 3 heteroatoms. The molecule has 88 valence electrons. The van der Waals surface area contributed by atoms with E-state index >= 15 is 0 Å². The molecule has 0 spiro atoms. The molecule has 0 bridgehead atoms. The highest BCUT2D eigenvalue weighted by Gasteiger charge is 2.21. The lowest BCUT2D eigenvalue weighted by Gasteiger charge is -2.21. The van der Waals surface area contributed by atoms with Gasteiger partial charge in [0.05, 0.1) is 0 Å². The first-order valence-corrected chi connectivity index (χ1v) is 5.28. The highest BCUT2D eigenvalue weighted by Crippen LogP contribution is 2.18. The van der Waals surface area contributed by atoms with E-state index in [1.54, 1.807) is 12.1 Å². The summed E-state index contributed by atoms with van der Waals surface area (Å²) < 4.78 is 12.7. The molecule has 1 aromatic carbocycles. The van der Waals surface area contributed by atoms with Gasteiger partial charge in [0.15, 0.2) is 5.78 Å². The second-order valence-corrected chi connectivity index (χ2v) is 3.90. The third-order valence-electron chi connectivity index (χ3n) is 2.84. The zero-order chi connectivity index (χ0) is 10.7. The summed E-state index contributed by atoms with van der Waals surface area (Å²) in [6.07, 6.45) is 1.77. The second kappa shape index (κ2) is 5.75. The average molecular weight is 223 g/mol. The fraction of sp³-hybridized carbons (Fsp3) is 0.462. The Hall–Kier alpha value is -1.22. The van der Waals surface area contributed by atoms with Crippen LogP contribution in [0.15, 0.2) is 24.3 Å². The Balaban J connectivity index is 0.00000128. The molecule has 1 N–H and O–H groups in total. The van der Waals surface area contributed by atoms with Gasteiger partial charge in [-0.05, 0) is 50.2 Å². The Kier molecular flexibility index (Phi) is 4.62. The lowest BCUT2D eigenvalue weighted by molar-refractivity contribution is 0.0895. The number of nitrogens with one attached hydrogen (secondary N) is 1. The van der Waals surface area contributed by atoms with Crippen molar-refractivity contribution in [3.63, 3.8) is 0 Å². The van der Waals surface area contributed by atoms with Crippen molar-refractivity contribution in [3.05, 3.63) is 35.6 Å². The van der Waals surface area contributed by atoms with Gasteiger partial charge in [-0.25, -0.2) is 4.39 Å². The van der Waals surface area contributed by atoms with Gasteiger partial charge in [-0.1, -0.05) is 7.43 Å². The summed E-state index contributed by atoms with van der Waals surface area (Å²) in [5.74, 6) is -0.0370. The van der Waals surface area contributed by atoms with Crippen molar-refractivity contribution in [2.45, 2.75) is 20.3 Å². The molecule has 1 aromatic rings. The van der Waals surface area contributed by atoms with E-state index in [1.165, 1.54) is 12.1 Å². The number of hydrogen-bond donors (Lipinski definition) is 1. The van der Waals surface area contributed by atoms with E-state index in [4.69, 9.17) is 0 Å². The molecule has 2 rings (SSSR count). The number of rotatable bonds is 2. The number of halogens is 1. The summed E-state index contributed by atoms with van der Waals surface area (Å²) in [5, 5.41) is 3.22. The van der Waals surface area contributed by atoms with Crippen molar-refractivity contribution in [2.75, 3.05) is 13.1 Å². The minimum absolute atomic E-state index is 0. The zero-order valence-corrected chi connectivity index (χ0v) is 8.50. The van der Waals surface area contributed by atoms with Crippen LogP contribution in [0, 0.1) is 11.7 Å². The van der Waals surface area contributed by atoms with E-state index in [0.29, 0.717) is 5.56 Å². The van der Waals surface area contributed by atoms with Gasteiger partial charge in [-0.15, -0.1) is 0 Å². The van der Waals surface area contributed by atoms with Crippen molar-refractivity contribution >= 4 is 5.78 Å². The Labute approximate surface area is 95.9 Å². The maximum absolute atomic E-state index is 12.7. The van der Waals surface area contributed by atoms with Crippen LogP contribution in [-0.4, -0.2) is 18.9 Å². The minimum Gasteiger partial charge on any atom is -0.317 e. The van der Waals surface area contributed by atoms with Gasteiger partial charge in [0.25, 0.3) is 0 Å². The molecule has 16 heavy (non-hydrogen) atoms. The molecule has 0 aliphatic carbocycles. The highest BCUT2D eigenvalue weighted by atomic mass is 19.1. The number of Topliss-reactive ketones (excluding diaryl/α,β-unsaturated/α-hetero) is 1. The third kappa shape index (κ3) is 2.89. The normalized spacial score (nSPS) is 16.6. The summed E-state index contributed by atoms with van der Waals surface area (Å²) in [5.41, 5.74) is 0.628. The summed E-state index contributed by atoms with van der Waals surface area (Å²) in [6.45, 7) is 1.80. The van der Waals surface area contributed by atoms with Crippen molar-refractivity contribution in [1.29, 1.82) is 0 Å². The quantitative estimate of drug-likeness (QED) is 0.781. The molecule has 0 amide bonds. The van der Waals surface area contributed by atoms with E-state index in [2.05, 4.69) is 5.32 Å². The number of piperidine rings is 1. The smallest absolute Gasteiger partial charge is 0.166 e. The number of carbonyl (C=O) groups is 1. The van der Waals surface area contributed by atoms with E-state index in [9.17, 15) is 9.18 Å². The molecule has 0 unspecified atom stereocenters. The van der Waals surface area contributed by atoms with Crippen LogP contribution in [0.5, 0.6) is 0 Å². The fourth-order valence-electron chi connectivity index (χ4n) is 1.93. The summed E-state index contributed by atoms with van der Waals surface area (Å²) in [7, 11) is 0. The standard InChI is InChI=1S/C12H14FNO.CH4/c13-11-3-1-9(2-4-11)12(15)10-5-7-14-8-6-10;/h1-4,10,14H,5-8H2;1H4. The van der Waals surface area contributed by atoms with Crippen LogP contribution in [-0.2, 0) is 0 Å². The van der Waals surface area contributed by atoms with Crippen LogP contribution in [0.25, 0.3) is 0 Å². The molecule has 0 saturated carbocycles. The lowest BCUT2D eigenvalue weighted by atomic mass is 9.90. The van der Waals surface area contributed by atoms with Crippen molar-refractivity contribution in [1.82, 2.24) is 5.32 Å². The average Bonchev–Trinajstić information content (AvgIpc) is 2.30. The highest BCUT2D eigenvalue weighted by molar-refractivity contribution is 5.97. The molecule has 1 fully saturated rings. The summed E-state index contributed by atoms with van der Waals surface area (Å²) in [4.78, 5) is 12.0. The van der Waals surface area contributed by atoms with Gasteiger partial charge >= 0.3 is 0 Å². The molecule has 1 heterocycles. The topological polar surface area (TPSA) is 29.1 Å². The van der Waals surface area contributed by atoms with Gasteiger partial charge in [-0.3, -0.25) is 4.79 Å². The largest absolute Gasteiger partial charge is 0.317 e. The molecule has 0 aromatic heterocycles. The lowest BCUT2D eigenvalue weighted by Crippen LogP contribution is -2.31. The first-order valence-electron chi connectivity index (χ1n) is 5.28. The van der Waals surface area contributed by atoms with E-state index in [0.717, 1.165) is 25.9 Å². The van der Waals surface area contributed by atoms with E-state index in [1.807, 2.05) is 0 Å². The van der Waals surface area contributed by atoms with Gasteiger partial charge in [0, 0.05) is 11.5 Å². The van der Waals surface area contributed by atoms with E-state index < -0.39 is 0 Å². The van der Waals surface area contributed by atoms with Crippen LogP contribution in [0.1, 0.15) is 30.6 Å². The molecule has 2 nitrogen and oxygen atoms in total. The van der Waals surface area contributed by atoms with Gasteiger partial charge in [0.2, 0.25) is 0 Å². The Bertz CT molecular complexity index is 341. The van der Waals surface area contributed by atoms with Crippen LogP contribution < -0.4 is 5.32 Å². The monoisotopic (exact) mass is 223 g/mol. The Morgan fingerprint density at radius 3 is 2.31 bits per heavy atom. The summed E-state index contributed by atoms with van der Waals surface area (Å²) in [6, 6.07) is 5.82. The SMILES string of the molecule is C.O=C(c1ccc(F)cc1)C1CCNCC1. The molecule has 0 radical (unpaired) electrons. The zero-order valence-electron chi connectivity index (χ0n) is 8.50. The minimum atomic E-state index is -0.295. The number of carbonyl (C=O) groups excluding carboxylic acids is 1. The first-order chi connectivity index (χ1) is 7.27. The molecular weight excluding hydrogens is 205 g/mol. The number of benzene rings is 1. The van der Waals surface area contributed by atoms with Crippen LogP contribution >= 0.6 is 0 Å². The molecule has 1 saturated heterocycles. The van der Waals surface area contributed by atoms with Crippen molar-refractivity contribution < 1.29 is 9.18 Å². The van der Waals surface area contributed by atoms with Crippen LogP contribution in [0.4, 0.5) is 4.39 Å². The number of ketones is 1. The second-order valence-electron chi connectivity index (χ2n) is 3.90. The first kappa shape index (κ1) is 12.8. The predicted molar refractivity (Wildman–Crippen MR) is 63.1 cm³/mol. The Morgan fingerprint density at radius 1 is 1.19 bits per heavy atom. The van der Waals surface area contributed by atoms with Crippen LogP contribution in [0.2, 0.25) is 0 Å². The van der Waals surface area contributed by atoms with Gasteiger partial charge < -0.3 is 5.32 Å². The van der Waals surface area contributed by atoms with Crippen LogP contribution in [0.3, 0.4) is 0 Å². The summed E-state index contributed by atoms with van der Waals surface area (Å²) >= 11 is 0. The van der Waals surface area contributed by atoms with Gasteiger partial charge in [-0.2, -0.15) is 0 Å². The number of hydrogen-bond acceptors (Lipinski definition) is 2. The molecule has 1 aliphatic heterocycles. The fourth-order valence-corrected chi connectivity index (χ4v) is 1.93. The van der Waals surface area contributed by atoms with Gasteiger partial charge in [0.1, 0.15) is 5.82 Å². The predicted octanol–water partition coefficient (Wildman–Crippen LogP) is 2.64. The third-order valence-corrected chi connectivity index (χ3v) is 2.84. The van der Waals surface area contributed by atoms with Crippen molar-refractivity contribution in [3.8, 4) is 0 Å². The maximum atomic E-state index is 12.7. The Morgan fingerprint density at radius 2 is 1.75 bits per heavy atom. The molecule has 1 aliphatic rings. The maximum Gasteiger partial charge on any atom is 0.166 e. The van der Waals surface area contributed by atoms with E-state index in [-0.39, 0.29) is 24.9 Å². The molecular formula is C13H18FNO. The van der Waals surface area contributed by atoms with Crippen molar-refractivity contribution in [2.24, 2.45) is 5.92 Å².